The lowest BCUT2D eigenvalue weighted by atomic mass is 9.65. The molecule has 0 amide bonds. The minimum Gasteiger partial charge on any atom is -0.256 e. The van der Waals surface area contributed by atoms with Crippen molar-refractivity contribution in [1.29, 1.82) is 0 Å². The maximum Gasteiger partial charge on any atom is 0.0739 e. The standard InChI is InChI=1S/C22H27N/c1-14-15(2)22(9-6-7-10-22)18-13-17(21(3,4)5)12-16-8-11-23-20(14)19(16)18/h8,11-13H,6-7,9-10H2,1-5H3. The molecule has 2 aromatic rings. The summed E-state index contributed by atoms with van der Waals surface area (Å²) in [5.41, 5.74) is 7.65. The Kier molecular flexibility index (Phi) is 3.04. The van der Waals surface area contributed by atoms with Gasteiger partial charge >= 0.3 is 0 Å². The molecule has 2 aliphatic rings. The van der Waals surface area contributed by atoms with Crippen LogP contribution in [-0.2, 0) is 10.8 Å². The molecular formula is C22H27N. The zero-order valence-electron chi connectivity index (χ0n) is 15.1. The topological polar surface area (TPSA) is 12.9 Å². The van der Waals surface area contributed by atoms with Crippen LogP contribution in [-0.4, -0.2) is 4.98 Å². The van der Waals surface area contributed by atoms with Crippen molar-refractivity contribution in [1.82, 2.24) is 4.98 Å². The van der Waals surface area contributed by atoms with Gasteiger partial charge in [0.2, 0.25) is 0 Å². The number of nitrogens with zero attached hydrogens (tertiary/aromatic N) is 1. The van der Waals surface area contributed by atoms with Gasteiger partial charge in [0.25, 0.3) is 0 Å². The van der Waals surface area contributed by atoms with Crippen LogP contribution in [0.15, 0.2) is 30.0 Å². The van der Waals surface area contributed by atoms with Crippen LogP contribution in [0.4, 0.5) is 0 Å². The Labute approximate surface area is 139 Å². The van der Waals surface area contributed by atoms with E-state index in [4.69, 9.17) is 4.98 Å². The first-order chi connectivity index (χ1) is 10.8. The molecule has 0 saturated heterocycles. The summed E-state index contributed by atoms with van der Waals surface area (Å²) in [6, 6.07) is 7.10. The quantitative estimate of drug-likeness (QED) is 0.568. The van der Waals surface area contributed by atoms with Gasteiger partial charge in [-0.2, -0.15) is 0 Å². The van der Waals surface area contributed by atoms with Crippen molar-refractivity contribution in [3.05, 3.63) is 46.8 Å². The van der Waals surface area contributed by atoms with Gasteiger partial charge < -0.3 is 0 Å². The van der Waals surface area contributed by atoms with Crippen LogP contribution < -0.4 is 0 Å². The van der Waals surface area contributed by atoms with Gasteiger partial charge in [-0.15, -0.1) is 0 Å². The van der Waals surface area contributed by atoms with E-state index in [0.29, 0.717) is 0 Å². The first-order valence-corrected chi connectivity index (χ1v) is 8.97. The highest BCUT2D eigenvalue weighted by Gasteiger charge is 2.42. The molecule has 1 aromatic carbocycles. The van der Waals surface area contributed by atoms with Gasteiger partial charge in [0.1, 0.15) is 0 Å². The molecule has 23 heavy (non-hydrogen) atoms. The van der Waals surface area contributed by atoms with E-state index in [-0.39, 0.29) is 10.8 Å². The SMILES string of the molecule is CC1=C(C)C2(CCCC2)c2cc(C(C)(C)C)cc3ccnc1c23. The van der Waals surface area contributed by atoms with Crippen LogP contribution >= 0.6 is 0 Å². The Hall–Kier alpha value is -1.63. The van der Waals surface area contributed by atoms with Gasteiger partial charge in [-0.1, -0.05) is 51.3 Å². The number of hydrogen-bond donors (Lipinski definition) is 0. The second-order valence-electron chi connectivity index (χ2n) is 8.57. The van der Waals surface area contributed by atoms with Crippen LogP contribution in [0.5, 0.6) is 0 Å². The molecule has 0 bridgehead atoms. The van der Waals surface area contributed by atoms with E-state index in [9.17, 15) is 0 Å². The summed E-state index contributed by atoms with van der Waals surface area (Å²) >= 11 is 0. The number of pyridine rings is 1. The van der Waals surface area contributed by atoms with Crippen molar-refractivity contribution in [2.45, 2.75) is 71.1 Å². The summed E-state index contributed by atoms with van der Waals surface area (Å²) in [6.45, 7) is 11.6. The molecule has 0 atom stereocenters. The van der Waals surface area contributed by atoms with Gasteiger partial charge in [-0.25, -0.2) is 0 Å². The lowest BCUT2D eigenvalue weighted by Crippen LogP contribution is -2.29. The molecule has 0 N–H and O–H groups in total. The van der Waals surface area contributed by atoms with Crippen LogP contribution in [0.2, 0.25) is 0 Å². The number of hydrogen-bond acceptors (Lipinski definition) is 1. The molecule has 1 heteroatoms. The summed E-state index contributed by atoms with van der Waals surface area (Å²) in [5.74, 6) is 0. The molecule has 1 heterocycles. The van der Waals surface area contributed by atoms with Crippen molar-refractivity contribution in [2.24, 2.45) is 0 Å². The van der Waals surface area contributed by atoms with E-state index in [0.717, 1.165) is 0 Å². The zero-order valence-corrected chi connectivity index (χ0v) is 15.1. The highest BCUT2D eigenvalue weighted by Crippen LogP contribution is 2.54. The monoisotopic (exact) mass is 305 g/mol. The summed E-state index contributed by atoms with van der Waals surface area (Å²) in [4.78, 5) is 4.76. The van der Waals surface area contributed by atoms with Gasteiger partial charge in [-0.05, 0) is 60.3 Å². The summed E-state index contributed by atoms with van der Waals surface area (Å²) in [6.07, 6.45) is 7.28. The van der Waals surface area contributed by atoms with E-state index in [1.165, 1.54) is 53.3 Å². The fourth-order valence-electron chi connectivity index (χ4n) is 4.77. The fourth-order valence-corrected chi connectivity index (χ4v) is 4.77. The minimum absolute atomic E-state index is 0.179. The predicted molar refractivity (Wildman–Crippen MR) is 98.9 cm³/mol. The van der Waals surface area contributed by atoms with Crippen LogP contribution in [0.1, 0.15) is 77.1 Å². The van der Waals surface area contributed by atoms with E-state index >= 15 is 0 Å². The molecule has 1 nitrogen and oxygen atoms in total. The van der Waals surface area contributed by atoms with E-state index in [1.54, 1.807) is 11.1 Å². The van der Waals surface area contributed by atoms with Gasteiger partial charge in [0.15, 0.2) is 0 Å². The van der Waals surface area contributed by atoms with E-state index in [2.05, 4.69) is 52.8 Å². The van der Waals surface area contributed by atoms with Crippen LogP contribution in [0, 0.1) is 0 Å². The zero-order chi connectivity index (χ0) is 16.4. The molecule has 2 aliphatic carbocycles. The minimum atomic E-state index is 0.179. The van der Waals surface area contributed by atoms with Crippen molar-refractivity contribution < 1.29 is 0 Å². The smallest absolute Gasteiger partial charge is 0.0739 e. The molecule has 1 aromatic heterocycles. The van der Waals surface area contributed by atoms with Gasteiger partial charge in [-0.3, -0.25) is 4.98 Å². The van der Waals surface area contributed by atoms with Crippen molar-refractivity contribution in [3.63, 3.8) is 0 Å². The Bertz CT molecular complexity index is 827. The second kappa shape index (κ2) is 4.69. The first kappa shape index (κ1) is 14.9. The molecule has 4 rings (SSSR count). The normalized spacial score (nSPS) is 19.9. The number of aromatic nitrogens is 1. The summed E-state index contributed by atoms with van der Waals surface area (Å²) in [5, 5.41) is 2.79. The van der Waals surface area contributed by atoms with Gasteiger partial charge in [0.05, 0.1) is 5.69 Å². The summed E-state index contributed by atoms with van der Waals surface area (Å²) < 4.78 is 0. The highest BCUT2D eigenvalue weighted by atomic mass is 14.7. The van der Waals surface area contributed by atoms with E-state index < -0.39 is 0 Å². The molecule has 0 aliphatic heterocycles. The number of rotatable bonds is 0. The van der Waals surface area contributed by atoms with E-state index in [1.807, 2.05) is 6.20 Å². The third kappa shape index (κ3) is 1.95. The predicted octanol–water partition coefficient (Wildman–Crippen LogP) is 6.15. The Morgan fingerprint density at radius 1 is 1.04 bits per heavy atom. The molecule has 1 saturated carbocycles. The molecule has 0 radical (unpaired) electrons. The molecule has 120 valence electrons. The molecule has 1 fully saturated rings. The number of fused-ring (bicyclic) bond motifs is 1. The second-order valence-corrected chi connectivity index (χ2v) is 8.57. The number of benzene rings is 1. The molecular weight excluding hydrogens is 278 g/mol. The molecule has 1 spiro atoms. The van der Waals surface area contributed by atoms with Gasteiger partial charge in [0, 0.05) is 17.0 Å². The third-order valence-corrected chi connectivity index (χ3v) is 6.34. The average molecular weight is 305 g/mol. The average Bonchev–Trinajstić information content (AvgIpc) is 3.00. The largest absolute Gasteiger partial charge is 0.256 e. The Morgan fingerprint density at radius 3 is 2.39 bits per heavy atom. The van der Waals surface area contributed by atoms with Crippen LogP contribution in [0.3, 0.4) is 0 Å². The number of allylic oxidation sites excluding steroid dienone is 2. The summed E-state index contributed by atoms with van der Waals surface area (Å²) in [7, 11) is 0. The van der Waals surface area contributed by atoms with Crippen molar-refractivity contribution in [3.8, 4) is 0 Å². The molecule has 0 unspecified atom stereocenters. The Morgan fingerprint density at radius 2 is 1.74 bits per heavy atom. The highest BCUT2D eigenvalue weighted by molar-refractivity contribution is 5.99. The maximum atomic E-state index is 4.76. The third-order valence-electron chi connectivity index (χ3n) is 6.34. The maximum absolute atomic E-state index is 4.76. The van der Waals surface area contributed by atoms with Crippen molar-refractivity contribution in [2.75, 3.05) is 0 Å². The Balaban J connectivity index is 2.14. The lowest BCUT2D eigenvalue weighted by Gasteiger charge is -2.38. The fraction of sp³-hybridized carbons (Fsp3) is 0.500. The lowest BCUT2D eigenvalue weighted by molar-refractivity contribution is 0.520. The van der Waals surface area contributed by atoms with Crippen molar-refractivity contribution >= 4 is 16.3 Å². The first-order valence-electron chi connectivity index (χ1n) is 8.97. The van der Waals surface area contributed by atoms with Crippen LogP contribution in [0.25, 0.3) is 16.3 Å².